The van der Waals surface area contributed by atoms with Crippen molar-refractivity contribution in [1.82, 2.24) is 20.0 Å². The van der Waals surface area contributed by atoms with Gasteiger partial charge in [0, 0.05) is 39.3 Å². The van der Waals surface area contributed by atoms with Crippen LogP contribution in [0.25, 0.3) is 11.1 Å². The van der Waals surface area contributed by atoms with E-state index in [1.54, 1.807) is 0 Å². The van der Waals surface area contributed by atoms with Crippen LogP contribution in [0.3, 0.4) is 0 Å². The number of urea groups is 1. The molecule has 0 radical (unpaired) electrons. The zero-order chi connectivity index (χ0) is 25.1. The fourth-order valence-corrected chi connectivity index (χ4v) is 6.15. The fourth-order valence-electron chi connectivity index (χ4n) is 6.15. The number of nitrogens with zero attached hydrogens (tertiary/aromatic N) is 3. The molecule has 6 heteroatoms. The molecule has 0 spiro atoms. The lowest BCUT2D eigenvalue weighted by molar-refractivity contribution is -0.135. The normalized spacial score (nSPS) is 19.5. The highest BCUT2D eigenvalue weighted by Crippen LogP contribution is 2.46. The Bertz CT molecular complexity index is 1020. The first-order valence-corrected chi connectivity index (χ1v) is 13.8. The molecule has 6 nitrogen and oxygen atoms in total. The lowest BCUT2D eigenvalue weighted by atomic mass is 10.0. The Morgan fingerprint density at radius 1 is 0.778 bits per heavy atom. The molecule has 3 aliphatic rings. The van der Waals surface area contributed by atoms with Crippen LogP contribution in [0.15, 0.2) is 48.5 Å². The van der Waals surface area contributed by atoms with Gasteiger partial charge in [0.05, 0.1) is 6.04 Å². The number of fused-ring (bicyclic) bond motifs is 3. The van der Waals surface area contributed by atoms with Gasteiger partial charge >= 0.3 is 6.03 Å². The molecule has 2 fully saturated rings. The Balaban J connectivity index is 1.25. The number of nitrogens with one attached hydrogen (secondary N) is 1. The molecule has 2 saturated heterocycles. The van der Waals surface area contributed by atoms with Crippen molar-refractivity contribution in [2.75, 3.05) is 39.3 Å². The van der Waals surface area contributed by atoms with Crippen molar-refractivity contribution >= 4 is 11.9 Å². The molecule has 1 unspecified atom stereocenters. The molecular formula is C30H40N4O2. The molecule has 1 N–H and O–H groups in total. The standard InChI is InChI=1S/C30H40N4O2/c1-22(2)21-27(31-30(36)34-15-9-3-4-10-16-34)29(35)33-19-17-32(18-20-33)28-25-13-7-5-11-23(25)24-12-6-8-14-26(24)28/h5-8,11-14,22,27-28H,3-4,9-10,15-21H2,1-2H3,(H,31,36). The highest BCUT2D eigenvalue weighted by atomic mass is 16.2. The minimum Gasteiger partial charge on any atom is -0.338 e. The molecule has 1 aliphatic carbocycles. The van der Waals surface area contributed by atoms with Gasteiger partial charge in [0.25, 0.3) is 0 Å². The van der Waals surface area contributed by atoms with Gasteiger partial charge in [0.15, 0.2) is 0 Å². The van der Waals surface area contributed by atoms with Crippen LogP contribution in [-0.4, -0.2) is 71.9 Å². The lowest BCUT2D eigenvalue weighted by Crippen LogP contribution is -2.57. The van der Waals surface area contributed by atoms with Gasteiger partial charge in [-0.25, -0.2) is 4.79 Å². The summed E-state index contributed by atoms with van der Waals surface area (Å²) in [5.41, 5.74) is 5.37. The van der Waals surface area contributed by atoms with Gasteiger partial charge in [-0.15, -0.1) is 0 Å². The highest BCUT2D eigenvalue weighted by molar-refractivity contribution is 5.87. The second kappa shape index (κ2) is 11.0. The number of carbonyl (C=O) groups excluding carboxylic acids is 2. The summed E-state index contributed by atoms with van der Waals surface area (Å²) in [6.07, 6.45) is 5.12. The number of benzene rings is 2. The number of hydrogen-bond donors (Lipinski definition) is 1. The Kier molecular flexibility index (Phi) is 7.61. The second-order valence-corrected chi connectivity index (χ2v) is 11.0. The predicted octanol–water partition coefficient (Wildman–Crippen LogP) is 4.90. The largest absolute Gasteiger partial charge is 0.338 e. The van der Waals surface area contributed by atoms with Crippen molar-refractivity contribution in [3.63, 3.8) is 0 Å². The molecule has 2 heterocycles. The van der Waals surface area contributed by atoms with E-state index in [2.05, 4.69) is 72.6 Å². The maximum absolute atomic E-state index is 13.6. The Labute approximate surface area is 215 Å². The molecule has 1 atom stereocenters. The van der Waals surface area contributed by atoms with Crippen molar-refractivity contribution in [2.24, 2.45) is 5.92 Å². The quantitative estimate of drug-likeness (QED) is 0.651. The van der Waals surface area contributed by atoms with Crippen molar-refractivity contribution in [2.45, 2.75) is 58.0 Å². The molecule has 2 aromatic carbocycles. The van der Waals surface area contributed by atoms with Crippen molar-refractivity contribution in [1.29, 1.82) is 0 Å². The van der Waals surface area contributed by atoms with Crippen LogP contribution in [0, 0.1) is 5.92 Å². The minimum absolute atomic E-state index is 0.0683. The van der Waals surface area contributed by atoms with Crippen molar-refractivity contribution in [3.05, 3.63) is 59.7 Å². The average Bonchev–Trinajstić information content (AvgIpc) is 3.02. The zero-order valence-electron chi connectivity index (χ0n) is 21.8. The first-order valence-electron chi connectivity index (χ1n) is 13.8. The van der Waals surface area contributed by atoms with Crippen molar-refractivity contribution < 1.29 is 9.59 Å². The molecule has 0 saturated carbocycles. The van der Waals surface area contributed by atoms with Crippen molar-refractivity contribution in [3.8, 4) is 11.1 Å². The first-order chi connectivity index (χ1) is 17.5. The zero-order valence-corrected chi connectivity index (χ0v) is 21.8. The number of carbonyl (C=O) groups is 2. The Morgan fingerprint density at radius 2 is 1.33 bits per heavy atom. The fraction of sp³-hybridized carbons (Fsp3) is 0.533. The molecule has 2 aromatic rings. The third-order valence-electron chi connectivity index (χ3n) is 7.99. The van der Waals surface area contributed by atoms with Crippen LogP contribution in [0.1, 0.15) is 63.1 Å². The third kappa shape index (κ3) is 5.15. The van der Waals surface area contributed by atoms with Crippen LogP contribution >= 0.6 is 0 Å². The molecule has 192 valence electrons. The van der Waals surface area contributed by atoms with E-state index in [0.717, 1.165) is 39.0 Å². The van der Waals surface area contributed by atoms with Crippen LogP contribution in [0.2, 0.25) is 0 Å². The van der Waals surface area contributed by atoms with Gasteiger partial charge < -0.3 is 15.1 Å². The van der Waals surface area contributed by atoms with E-state index in [1.807, 2.05) is 9.80 Å². The summed E-state index contributed by atoms with van der Waals surface area (Å²) in [5.74, 6) is 0.398. The summed E-state index contributed by atoms with van der Waals surface area (Å²) in [7, 11) is 0. The number of amides is 3. The molecule has 3 amide bonds. The first kappa shape index (κ1) is 24.8. The minimum atomic E-state index is -0.458. The molecule has 0 aromatic heterocycles. The van der Waals surface area contributed by atoms with Gasteiger partial charge in [-0.2, -0.15) is 0 Å². The molecular weight excluding hydrogens is 448 g/mol. The van der Waals surface area contributed by atoms with E-state index >= 15 is 0 Å². The van der Waals surface area contributed by atoms with E-state index in [9.17, 15) is 9.59 Å². The van der Waals surface area contributed by atoms with Gasteiger partial charge in [-0.05, 0) is 47.4 Å². The predicted molar refractivity (Wildman–Crippen MR) is 144 cm³/mol. The maximum Gasteiger partial charge on any atom is 0.318 e. The maximum atomic E-state index is 13.6. The monoisotopic (exact) mass is 488 g/mol. The van der Waals surface area contributed by atoms with Gasteiger partial charge in [0.2, 0.25) is 5.91 Å². The van der Waals surface area contributed by atoms with E-state index in [4.69, 9.17) is 0 Å². The summed E-state index contributed by atoms with van der Waals surface area (Å²) in [5, 5.41) is 3.12. The summed E-state index contributed by atoms with van der Waals surface area (Å²) in [6, 6.07) is 17.1. The molecule has 36 heavy (non-hydrogen) atoms. The number of likely N-dealkylation sites (tertiary alicyclic amines) is 1. The lowest BCUT2D eigenvalue weighted by Gasteiger charge is -2.40. The SMILES string of the molecule is CC(C)CC(NC(=O)N1CCCCCC1)C(=O)N1CCN(C2c3ccccc3-c3ccccc32)CC1. The van der Waals surface area contributed by atoms with Gasteiger partial charge in [-0.1, -0.05) is 75.2 Å². The number of piperazine rings is 1. The van der Waals surface area contributed by atoms with Gasteiger partial charge in [-0.3, -0.25) is 9.69 Å². The Hall–Kier alpha value is -2.86. The van der Waals surface area contributed by atoms with Crippen LogP contribution < -0.4 is 5.32 Å². The van der Waals surface area contributed by atoms with E-state index < -0.39 is 6.04 Å². The van der Waals surface area contributed by atoms with Crippen LogP contribution in [-0.2, 0) is 4.79 Å². The van der Waals surface area contributed by atoms with E-state index in [1.165, 1.54) is 35.1 Å². The molecule has 2 aliphatic heterocycles. The summed E-state index contributed by atoms with van der Waals surface area (Å²) in [4.78, 5) is 33.0. The highest BCUT2D eigenvalue weighted by Gasteiger charge is 2.36. The molecule has 5 rings (SSSR count). The molecule has 0 bridgehead atoms. The Morgan fingerprint density at radius 3 is 1.89 bits per heavy atom. The number of hydrogen-bond acceptors (Lipinski definition) is 3. The average molecular weight is 489 g/mol. The van der Waals surface area contributed by atoms with Crippen LogP contribution in [0.4, 0.5) is 4.79 Å². The summed E-state index contributed by atoms with van der Waals surface area (Å²) >= 11 is 0. The number of rotatable bonds is 5. The van der Waals surface area contributed by atoms with Crippen LogP contribution in [0.5, 0.6) is 0 Å². The van der Waals surface area contributed by atoms with E-state index in [-0.39, 0.29) is 18.0 Å². The van der Waals surface area contributed by atoms with Gasteiger partial charge in [0.1, 0.15) is 6.04 Å². The van der Waals surface area contributed by atoms with E-state index in [0.29, 0.717) is 25.4 Å². The topological polar surface area (TPSA) is 55.9 Å². The summed E-state index contributed by atoms with van der Waals surface area (Å²) in [6.45, 7) is 8.84. The second-order valence-electron chi connectivity index (χ2n) is 11.0. The smallest absolute Gasteiger partial charge is 0.318 e. The summed E-state index contributed by atoms with van der Waals surface area (Å²) < 4.78 is 0. The third-order valence-corrected chi connectivity index (χ3v) is 7.99.